The maximum atomic E-state index is 8.79. The number of rotatable bonds is 2. The van der Waals surface area contributed by atoms with Crippen LogP contribution in [0.5, 0.6) is 0 Å². The molecule has 3 heteroatoms. The summed E-state index contributed by atoms with van der Waals surface area (Å²) in [6.07, 6.45) is 0.345. The van der Waals surface area contributed by atoms with Crippen molar-refractivity contribution >= 4 is 10.9 Å². The first-order valence-corrected chi connectivity index (χ1v) is 5.70. The Morgan fingerprint density at radius 1 is 1.06 bits per heavy atom. The molecular weight excluding hydrogens is 224 g/mol. The van der Waals surface area contributed by atoms with E-state index in [1.165, 1.54) is 0 Å². The summed E-state index contributed by atoms with van der Waals surface area (Å²) in [6.45, 7) is 0. The van der Waals surface area contributed by atoms with Gasteiger partial charge in [-0.05, 0) is 11.6 Å². The number of hydrogen-bond acceptors (Lipinski definition) is 3. The first-order chi connectivity index (χ1) is 8.90. The third-order valence-electron chi connectivity index (χ3n) is 2.90. The highest BCUT2D eigenvalue weighted by atomic mass is 16.5. The van der Waals surface area contributed by atoms with Gasteiger partial charge in [0.2, 0.25) is 0 Å². The molecule has 0 fully saturated rings. The molecule has 0 amide bonds. The molecule has 0 saturated carbocycles. The summed E-state index contributed by atoms with van der Waals surface area (Å²) in [4.78, 5) is 0. The highest BCUT2D eigenvalue weighted by Gasteiger charge is 2.12. The summed E-state index contributed by atoms with van der Waals surface area (Å²) < 4.78 is 5.43. The molecule has 0 saturated heterocycles. The van der Waals surface area contributed by atoms with Gasteiger partial charge in [0.25, 0.3) is 0 Å². The van der Waals surface area contributed by atoms with Crippen LogP contribution in [-0.2, 0) is 6.42 Å². The molecule has 0 unspecified atom stereocenters. The smallest absolute Gasteiger partial charge is 0.174 e. The number of nitriles is 1. The minimum absolute atomic E-state index is 0.345. The molecule has 0 aliphatic heterocycles. The van der Waals surface area contributed by atoms with Crippen molar-refractivity contribution in [3.63, 3.8) is 0 Å². The average Bonchev–Trinajstić information content (AvgIpc) is 2.85. The van der Waals surface area contributed by atoms with Crippen LogP contribution >= 0.6 is 0 Å². The quantitative estimate of drug-likeness (QED) is 0.681. The van der Waals surface area contributed by atoms with Gasteiger partial charge >= 0.3 is 0 Å². The highest BCUT2D eigenvalue weighted by Crippen LogP contribution is 2.30. The zero-order valence-corrected chi connectivity index (χ0v) is 9.63. The van der Waals surface area contributed by atoms with Crippen LogP contribution in [0, 0.1) is 11.3 Å². The number of hydrogen-bond donors (Lipinski definition) is 0. The molecule has 3 nitrogen and oxygen atoms in total. The van der Waals surface area contributed by atoms with E-state index in [9.17, 15) is 0 Å². The van der Waals surface area contributed by atoms with Crippen molar-refractivity contribution in [1.82, 2.24) is 5.16 Å². The number of fused-ring (bicyclic) bond motifs is 1. The lowest BCUT2D eigenvalue weighted by Crippen LogP contribution is -1.83. The minimum atomic E-state index is 0.345. The van der Waals surface area contributed by atoms with Gasteiger partial charge in [0, 0.05) is 5.56 Å². The summed E-state index contributed by atoms with van der Waals surface area (Å²) in [5.74, 6) is 0.755. The van der Waals surface area contributed by atoms with Gasteiger partial charge in [-0.1, -0.05) is 47.6 Å². The van der Waals surface area contributed by atoms with Crippen molar-refractivity contribution in [2.45, 2.75) is 6.42 Å². The summed E-state index contributed by atoms with van der Waals surface area (Å²) >= 11 is 0. The van der Waals surface area contributed by atoms with Gasteiger partial charge in [-0.15, -0.1) is 0 Å². The van der Waals surface area contributed by atoms with Crippen molar-refractivity contribution in [2.24, 2.45) is 0 Å². The van der Waals surface area contributed by atoms with Crippen LogP contribution < -0.4 is 0 Å². The van der Waals surface area contributed by atoms with E-state index in [-0.39, 0.29) is 0 Å². The molecule has 0 N–H and O–H groups in total. The fraction of sp³-hybridized carbons (Fsp3) is 0.0667. The van der Waals surface area contributed by atoms with Gasteiger partial charge in [0.15, 0.2) is 5.76 Å². The topological polar surface area (TPSA) is 49.8 Å². The fourth-order valence-corrected chi connectivity index (χ4v) is 2.05. The van der Waals surface area contributed by atoms with Crippen LogP contribution in [0.25, 0.3) is 22.2 Å². The molecule has 0 aliphatic carbocycles. The molecule has 0 spiro atoms. The predicted molar refractivity (Wildman–Crippen MR) is 68.8 cm³/mol. The van der Waals surface area contributed by atoms with E-state index in [0.29, 0.717) is 6.42 Å². The summed E-state index contributed by atoms with van der Waals surface area (Å²) in [5, 5.41) is 13.8. The van der Waals surface area contributed by atoms with Crippen molar-refractivity contribution in [3.05, 3.63) is 54.1 Å². The minimum Gasteiger partial charge on any atom is -0.355 e. The Morgan fingerprint density at radius 3 is 2.67 bits per heavy atom. The Morgan fingerprint density at radius 2 is 1.89 bits per heavy atom. The van der Waals surface area contributed by atoms with Crippen molar-refractivity contribution in [2.75, 3.05) is 0 Å². The lowest BCUT2D eigenvalue weighted by atomic mass is 10.0. The zero-order chi connectivity index (χ0) is 12.4. The third kappa shape index (κ3) is 1.64. The fourth-order valence-electron chi connectivity index (χ4n) is 2.05. The van der Waals surface area contributed by atoms with E-state index >= 15 is 0 Å². The molecule has 0 aliphatic rings. The Labute approximate surface area is 104 Å². The Balaban J connectivity index is 2.22. The Bertz CT molecular complexity index is 723. The lowest BCUT2D eigenvalue weighted by molar-refractivity contribution is 0.440. The standard InChI is InChI=1S/C15H10N2O/c16-10-9-11-7-4-8-13-14(11)17-18-15(13)12-5-2-1-3-6-12/h1-8H,9H2. The monoisotopic (exact) mass is 234 g/mol. The molecule has 1 aromatic heterocycles. The van der Waals surface area contributed by atoms with Gasteiger partial charge in [0.1, 0.15) is 5.52 Å². The van der Waals surface area contributed by atoms with Crippen molar-refractivity contribution in [3.8, 4) is 17.4 Å². The number of nitrogens with zero attached hydrogens (tertiary/aromatic N) is 2. The van der Waals surface area contributed by atoms with E-state index < -0.39 is 0 Å². The van der Waals surface area contributed by atoms with Crippen LogP contribution in [0.2, 0.25) is 0 Å². The number of benzene rings is 2. The van der Waals surface area contributed by atoms with Crippen LogP contribution in [0.1, 0.15) is 5.56 Å². The SMILES string of the molecule is N#CCc1cccc2c(-c3ccccc3)onc12. The largest absolute Gasteiger partial charge is 0.355 e. The third-order valence-corrected chi connectivity index (χ3v) is 2.90. The maximum absolute atomic E-state index is 8.79. The van der Waals surface area contributed by atoms with Crippen LogP contribution in [-0.4, -0.2) is 5.16 Å². The number of aromatic nitrogens is 1. The first kappa shape index (κ1) is 10.5. The van der Waals surface area contributed by atoms with Gasteiger partial charge in [-0.2, -0.15) is 5.26 Å². The van der Waals surface area contributed by atoms with E-state index in [4.69, 9.17) is 9.78 Å². The van der Waals surface area contributed by atoms with Crippen molar-refractivity contribution in [1.29, 1.82) is 5.26 Å². The molecule has 1 heterocycles. The van der Waals surface area contributed by atoms with Crippen LogP contribution in [0.15, 0.2) is 53.1 Å². The molecular formula is C15H10N2O. The van der Waals surface area contributed by atoms with E-state index in [1.54, 1.807) is 0 Å². The molecule has 3 aromatic rings. The van der Waals surface area contributed by atoms with Crippen LogP contribution in [0.3, 0.4) is 0 Å². The maximum Gasteiger partial charge on any atom is 0.174 e. The average molecular weight is 234 g/mol. The second kappa shape index (κ2) is 4.34. The molecule has 86 valence electrons. The highest BCUT2D eigenvalue weighted by molar-refractivity contribution is 5.93. The molecule has 2 aromatic carbocycles. The summed E-state index contributed by atoms with van der Waals surface area (Å²) in [7, 11) is 0. The Kier molecular flexibility index (Phi) is 2.54. The van der Waals surface area contributed by atoms with Gasteiger partial charge in [0.05, 0.1) is 17.9 Å². The molecule has 0 radical (unpaired) electrons. The van der Waals surface area contributed by atoms with Gasteiger partial charge < -0.3 is 4.52 Å². The summed E-state index contributed by atoms with van der Waals surface area (Å²) in [6, 6.07) is 17.8. The van der Waals surface area contributed by atoms with Gasteiger partial charge in [-0.25, -0.2) is 0 Å². The molecule has 3 rings (SSSR count). The van der Waals surface area contributed by atoms with E-state index in [1.807, 2.05) is 48.5 Å². The zero-order valence-electron chi connectivity index (χ0n) is 9.63. The van der Waals surface area contributed by atoms with Gasteiger partial charge in [-0.3, -0.25) is 0 Å². The second-order valence-corrected chi connectivity index (χ2v) is 4.03. The lowest BCUT2D eigenvalue weighted by Gasteiger charge is -1.97. The predicted octanol–water partition coefficient (Wildman–Crippen LogP) is 3.56. The second-order valence-electron chi connectivity index (χ2n) is 4.03. The van der Waals surface area contributed by atoms with E-state index in [2.05, 4.69) is 11.2 Å². The summed E-state index contributed by atoms with van der Waals surface area (Å²) in [5.41, 5.74) is 2.67. The Hall–Kier alpha value is -2.60. The molecule has 18 heavy (non-hydrogen) atoms. The van der Waals surface area contributed by atoms with E-state index in [0.717, 1.165) is 27.8 Å². The van der Waals surface area contributed by atoms with Crippen molar-refractivity contribution < 1.29 is 4.52 Å². The first-order valence-electron chi connectivity index (χ1n) is 5.70. The van der Waals surface area contributed by atoms with Crippen LogP contribution in [0.4, 0.5) is 0 Å². The molecule has 0 bridgehead atoms. The molecule has 0 atom stereocenters. The normalized spacial score (nSPS) is 10.4.